The number of hydrogen-bond donors (Lipinski definition) is 1. The second-order valence-electron chi connectivity index (χ2n) is 6.26. The zero-order chi connectivity index (χ0) is 17.5. The van der Waals surface area contributed by atoms with Gasteiger partial charge >= 0.3 is 6.09 Å². The number of benzene rings is 1. The third-order valence-electron chi connectivity index (χ3n) is 4.24. The molecule has 0 aliphatic carbocycles. The number of amides is 2. The first kappa shape index (κ1) is 18.1. The van der Waals surface area contributed by atoms with Crippen molar-refractivity contribution in [1.82, 2.24) is 10.2 Å². The van der Waals surface area contributed by atoms with Gasteiger partial charge in [0, 0.05) is 39.4 Å². The lowest BCUT2D eigenvalue weighted by atomic mass is 9.97. The first-order chi connectivity index (χ1) is 11.5. The van der Waals surface area contributed by atoms with Crippen LogP contribution in [-0.4, -0.2) is 50.7 Å². The van der Waals surface area contributed by atoms with E-state index in [1.165, 1.54) is 0 Å². The number of anilines is 1. The fourth-order valence-corrected chi connectivity index (χ4v) is 2.82. The molecule has 1 heterocycles. The SMILES string of the molecule is CCOC(=O)N1CCCC(C(=O)NCc2ccc(N(C)C)cc2)C1. The second-order valence-corrected chi connectivity index (χ2v) is 6.26. The summed E-state index contributed by atoms with van der Waals surface area (Å²) in [7, 11) is 3.99. The van der Waals surface area contributed by atoms with Gasteiger partial charge in [0.1, 0.15) is 0 Å². The summed E-state index contributed by atoms with van der Waals surface area (Å²) in [5.74, 6) is -0.162. The summed E-state index contributed by atoms with van der Waals surface area (Å²) in [4.78, 5) is 27.8. The molecule has 2 amide bonds. The van der Waals surface area contributed by atoms with Crippen LogP contribution < -0.4 is 10.2 Å². The predicted molar refractivity (Wildman–Crippen MR) is 93.9 cm³/mol. The van der Waals surface area contributed by atoms with E-state index >= 15 is 0 Å². The molecule has 1 aromatic rings. The van der Waals surface area contributed by atoms with Gasteiger partial charge in [-0.05, 0) is 37.5 Å². The zero-order valence-electron chi connectivity index (χ0n) is 14.7. The van der Waals surface area contributed by atoms with Crippen LogP contribution in [0.4, 0.5) is 10.5 Å². The van der Waals surface area contributed by atoms with E-state index in [1.54, 1.807) is 11.8 Å². The first-order valence-electron chi connectivity index (χ1n) is 8.47. The van der Waals surface area contributed by atoms with Gasteiger partial charge in [-0.3, -0.25) is 4.79 Å². The second kappa shape index (κ2) is 8.57. The highest BCUT2D eigenvalue weighted by molar-refractivity contribution is 5.80. The number of rotatable bonds is 5. The van der Waals surface area contributed by atoms with Gasteiger partial charge in [-0.1, -0.05) is 12.1 Å². The smallest absolute Gasteiger partial charge is 0.409 e. The average Bonchev–Trinajstić information content (AvgIpc) is 2.60. The van der Waals surface area contributed by atoms with Crippen LogP contribution >= 0.6 is 0 Å². The molecule has 24 heavy (non-hydrogen) atoms. The van der Waals surface area contributed by atoms with Gasteiger partial charge in [0.05, 0.1) is 12.5 Å². The fourth-order valence-electron chi connectivity index (χ4n) is 2.82. The summed E-state index contributed by atoms with van der Waals surface area (Å²) >= 11 is 0. The number of carbonyl (C=O) groups is 2. The first-order valence-corrected chi connectivity index (χ1v) is 8.47. The quantitative estimate of drug-likeness (QED) is 0.898. The third-order valence-corrected chi connectivity index (χ3v) is 4.24. The van der Waals surface area contributed by atoms with Crippen LogP contribution in [0, 0.1) is 5.92 Å². The van der Waals surface area contributed by atoms with Crippen molar-refractivity contribution < 1.29 is 14.3 Å². The molecular formula is C18H27N3O3. The Morgan fingerprint density at radius 1 is 1.29 bits per heavy atom. The van der Waals surface area contributed by atoms with E-state index in [0.717, 1.165) is 24.1 Å². The van der Waals surface area contributed by atoms with Crippen molar-refractivity contribution in [3.63, 3.8) is 0 Å². The van der Waals surface area contributed by atoms with E-state index in [1.807, 2.05) is 43.3 Å². The minimum Gasteiger partial charge on any atom is -0.450 e. The number of hydrogen-bond acceptors (Lipinski definition) is 4. The van der Waals surface area contributed by atoms with Gasteiger partial charge in [0.15, 0.2) is 0 Å². The molecule has 1 unspecified atom stereocenters. The molecule has 2 rings (SSSR count). The normalized spacial score (nSPS) is 17.3. The molecule has 0 bridgehead atoms. The highest BCUT2D eigenvalue weighted by atomic mass is 16.6. The summed E-state index contributed by atoms with van der Waals surface area (Å²) in [5.41, 5.74) is 2.19. The molecule has 6 nitrogen and oxygen atoms in total. The van der Waals surface area contributed by atoms with Gasteiger partial charge in [-0.2, -0.15) is 0 Å². The van der Waals surface area contributed by atoms with Crippen molar-refractivity contribution in [2.24, 2.45) is 5.92 Å². The summed E-state index contributed by atoms with van der Waals surface area (Å²) in [6.07, 6.45) is 1.31. The molecule has 132 valence electrons. The molecule has 6 heteroatoms. The molecule has 0 saturated carbocycles. The molecule has 0 spiro atoms. The lowest BCUT2D eigenvalue weighted by molar-refractivity contribution is -0.126. The molecule has 0 aromatic heterocycles. The molecule has 1 aliphatic rings. The zero-order valence-corrected chi connectivity index (χ0v) is 14.7. The van der Waals surface area contributed by atoms with E-state index in [2.05, 4.69) is 5.32 Å². The van der Waals surface area contributed by atoms with Crippen LogP contribution in [-0.2, 0) is 16.1 Å². The highest BCUT2D eigenvalue weighted by Gasteiger charge is 2.28. The van der Waals surface area contributed by atoms with Gasteiger partial charge in [-0.25, -0.2) is 4.79 Å². The topological polar surface area (TPSA) is 61.9 Å². The van der Waals surface area contributed by atoms with E-state index in [-0.39, 0.29) is 17.9 Å². The minimum absolute atomic E-state index is 0.000634. The standard InChI is InChI=1S/C18H27N3O3/c1-4-24-18(23)21-11-5-6-15(13-21)17(22)19-12-14-7-9-16(10-8-14)20(2)3/h7-10,15H,4-6,11-13H2,1-3H3,(H,19,22). The molecule has 1 aliphatic heterocycles. The van der Waals surface area contributed by atoms with Crippen LogP contribution in [0.2, 0.25) is 0 Å². The summed E-state index contributed by atoms with van der Waals surface area (Å²) in [6, 6.07) is 8.10. The molecule has 1 saturated heterocycles. The Morgan fingerprint density at radius 2 is 2.00 bits per heavy atom. The number of carbonyl (C=O) groups excluding carboxylic acids is 2. The van der Waals surface area contributed by atoms with Gasteiger partial charge in [0.25, 0.3) is 0 Å². The summed E-state index contributed by atoms with van der Waals surface area (Å²) < 4.78 is 5.02. The van der Waals surface area contributed by atoms with Crippen molar-refractivity contribution in [1.29, 1.82) is 0 Å². The van der Waals surface area contributed by atoms with Gasteiger partial charge in [0.2, 0.25) is 5.91 Å². The summed E-state index contributed by atoms with van der Waals surface area (Å²) in [5, 5.41) is 2.98. The van der Waals surface area contributed by atoms with Crippen LogP contribution in [0.3, 0.4) is 0 Å². The minimum atomic E-state index is -0.325. The van der Waals surface area contributed by atoms with Crippen LogP contribution in [0.1, 0.15) is 25.3 Å². The fraction of sp³-hybridized carbons (Fsp3) is 0.556. The maximum absolute atomic E-state index is 12.4. The summed E-state index contributed by atoms with van der Waals surface area (Å²) in [6.45, 7) is 3.74. The van der Waals surface area contributed by atoms with E-state index < -0.39 is 0 Å². The largest absolute Gasteiger partial charge is 0.450 e. The van der Waals surface area contributed by atoms with Crippen molar-refractivity contribution >= 4 is 17.7 Å². The molecule has 1 aromatic carbocycles. The molecule has 0 radical (unpaired) electrons. The maximum Gasteiger partial charge on any atom is 0.409 e. The van der Waals surface area contributed by atoms with Crippen molar-refractivity contribution in [2.45, 2.75) is 26.3 Å². The highest BCUT2D eigenvalue weighted by Crippen LogP contribution is 2.18. The Kier molecular flexibility index (Phi) is 6.46. The monoisotopic (exact) mass is 333 g/mol. The lowest BCUT2D eigenvalue weighted by Gasteiger charge is -2.31. The molecule has 1 N–H and O–H groups in total. The Bertz CT molecular complexity index is 557. The van der Waals surface area contributed by atoms with Crippen LogP contribution in [0.25, 0.3) is 0 Å². The third kappa shape index (κ3) is 4.88. The lowest BCUT2D eigenvalue weighted by Crippen LogP contribution is -2.45. The molecule has 1 atom stereocenters. The Labute approximate surface area is 143 Å². The average molecular weight is 333 g/mol. The van der Waals surface area contributed by atoms with Crippen LogP contribution in [0.5, 0.6) is 0 Å². The van der Waals surface area contributed by atoms with Crippen molar-refractivity contribution in [3.05, 3.63) is 29.8 Å². The number of ether oxygens (including phenoxy) is 1. The van der Waals surface area contributed by atoms with Crippen LogP contribution in [0.15, 0.2) is 24.3 Å². The van der Waals surface area contributed by atoms with Crippen molar-refractivity contribution in [3.8, 4) is 0 Å². The number of piperidine rings is 1. The Hall–Kier alpha value is -2.24. The van der Waals surface area contributed by atoms with E-state index in [9.17, 15) is 9.59 Å². The van der Waals surface area contributed by atoms with E-state index in [4.69, 9.17) is 4.74 Å². The Balaban J connectivity index is 1.84. The molecule has 1 fully saturated rings. The van der Waals surface area contributed by atoms with E-state index in [0.29, 0.717) is 26.2 Å². The number of nitrogens with zero attached hydrogens (tertiary/aromatic N) is 2. The number of nitrogens with one attached hydrogen (secondary N) is 1. The Morgan fingerprint density at radius 3 is 2.62 bits per heavy atom. The maximum atomic E-state index is 12.4. The number of likely N-dealkylation sites (tertiary alicyclic amines) is 1. The van der Waals surface area contributed by atoms with Gasteiger partial charge in [-0.15, -0.1) is 0 Å². The molecular weight excluding hydrogens is 306 g/mol. The van der Waals surface area contributed by atoms with Crippen molar-refractivity contribution in [2.75, 3.05) is 38.7 Å². The predicted octanol–water partition coefficient (Wildman–Crippen LogP) is 2.24. The van der Waals surface area contributed by atoms with Gasteiger partial charge < -0.3 is 19.9 Å².